The van der Waals surface area contributed by atoms with Gasteiger partial charge in [-0.15, -0.1) is 0 Å². The van der Waals surface area contributed by atoms with Crippen LogP contribution >= 0.6 is 0 Å². The summed E-state index contributed by atoms with van der Waals surface area (Å²) in [7, 11) is 1.74. The number of esters is 3. The summed E-state index contributed by atoms with van der Waals surface area (Å²) in [6.45, 7) is 13.9. The minimum atomic E-state index is -0.0752. The molecule has 0 spiro atoms. The van der Waals surface area contributed by atoms with Gasteiger partial charge in [0, 0.05) is 26.7 Å². The van der Waals surface area contributed by atoms with E-state index in [2.05, 4.69) is 25.7 Å². The molecule has 62 heavy (non-hydrogen) atoms. The van der Waals surface area contributed by atoms with Crippen molar-refractivity contribution in [1.29, 1.82) is 0 Å². The number of carbonyl (C=O) groups is 3. The van der Waals surface area contributed by atoms with Crippen molar-refractivity contribution >= 4 is 17.9 Å². The van der Waals surface area contributed by atoms with E-state index in [0.717, 1.165) is 161 Å². The maximum Gasteiger partial charge on any atom is 0.308 e. The van der Waals surface area contributed by atoms with Gasteiger partial charge in [-0.05, 0) is 70.9 Å². The van der Waals surface area contributed by atoms with E-state index in [4.69, 9.17) is 18.9 Å². The molecule has 0 aliphatic heterocycles. The van der Waals surface area contributed by atoms with Gasteiger partial charge in [0.05, 0.1) is 25.0 Å². The highest BCUT2D eigenvalue weighted by Crippen LogP contribution is 2.21. The fraction of sp³-hybridized carbons (Fsp3) is 0.944. The maximum absolute atomic E-state index is 13.1. The molecule has 1 atom stereocenters. The van der Waals surface area contributed by atoms with Gasteiger partial charge in [-0.2, -0.15) is 0 Å². The SMILES string of the molecule is CCCCCCCCCOC(=O)C(C)CCCCCCN(CCCCCCCOC(=O)C(CCCCCCCC)CCCCCCCC)CCOC(=O)CCCCCCCOC. The third-order valence-electron chi connectivity index (χ3n) is 12.7. The van der Waals surface area contributed by atoms with Crippen molar-refractivity contribution in [1.82, 2.24) is 4.90 Å². The van der Waals surface area contributed by atoms with Crippen LogP contribution in [-0.2, 0) is 33.3 Å². The van der Waals surface area contributed by atoms with Crippen LogP contribution in [0.4, 0.5) is 0 Å². The van der Waals surface area contributed by atoms with Crippen LogP contribution in [0.2, 0.25) is 0 Å². The van der Waals surface area contributed by atoms with Gasteiger partial charge in [0.15, 0.2) is 0 Å². The summed E-state index contributed by atoms with van der Waals surface area (Å²) in [6, 6.07) is 0. The van der Waals surface area contributed by atoms with Crippen molar-refractivity contribution in [3.8, 4) is 0 Å². The summed E-state index contributed by atoms with van der Waals surface area (Å²) in [6.07, 6.45) is 42.2. The summed E-state index contributed by atoms with van der Waals surface area (Å²) in [5.74, 6) is -0.0203. The highest BCUT2D eigenvalue weighted by Gasteiger charge is 2.19. The number of methoxy groups -OCH3 is 1. The van der Waals surface area contributed by atoms with E-state index in [1.54, 1.807) is 7.11 Å². The van der Waals surface area contributed by atoms with Crippen molar-refractivity contribution in [2.45, 2.75) is 265 Å². The number of nitrogens with zero attached hydrogens (tertiary/aromatic N) is 1. The smallest absolute Gasteiger partial charge is 0.308 e. The molecule has 0 aromatic rings. The normalized spacial score (nSPS) is 12.0. The molecule has 0 heterocycles. The van der Waals surface area contributed by atoms with Crippen molar-refractivity contribution in [3.05, 3.63) is 0 Å². The lowest BCUT2D eigenvalue weighted by atomic mass is 9.94. The number of hydrogen-bond donors (Lipinski definition) is 0. The third kappa shape index (κ3) is 42.3. The Kier molecular flexibility index (Phi) is 47.5. The molecule has 0 aliphatic carbocycles. The molecule has 8 nitrogen and oxygen atoms in total. The number of hydrogen-bond acceptors (Lipinski definition) is 8. The van der Waals surface area contributed by atoms with Gasteiger partial charge in [0.25, 0.3) is 0 Å². The predicted molar refractivity (Wildman–Crippen MR) is 262 cm³/mol. The predicted octanol–water partition coefficient (Wildman–Crippen LogP) is 15.3. The number of ether oxygens (including phenoxy) is 4. The lowest BCUT2D eigenvalue weighted by Gasteiger charge is -2.22. The van der Waals surface area contributed by atoms with Gasteiger partial charge in [-0.1, -0.05) is 201 Å². The van der Waals surface area contributed by atoms with E-state index in [1.165, 1.54) is 96.3 Å². The Bertz CT molecular complexity index is 945. The topological polar surface area (TPSA) is 91.4 Å². The van der Waals surface area contributed by atoms with Gasteiger partial charge in [0.1, 0.15) is 6.61 Å². The summed E-state index contributed by atoms with van der Waals surface area (Å²) < 4.78 is 22.2. The van der Waals surface area contributed by atoms with Crippen LogP contribution in [0.3, 0.4) is 0 Å². The summed E-state index contributed by atoms with van der Waals surface area (Å²) in [5, 5.41) is 0. The third-order valence-corrected chi connectivity index (χ3v) is 12.7. The van der Waals surface area contributed by atoms with Crippen molar-refractivity contribution in [2.75, 3.05) is 53.2 Å². The van der Waals surface area contributed by atoms with E-state index >= 15 is 0 Å². The first-order valence-corrected chi connectivity index (χ1v) is 27.1. The summed E-state index contributed by atoms with van der Waals surface area (Å²) >= 11 is 0. The second-order valence-electron chi connectivity index (χ2n) is 18.7. The molecule has 0 saturated carbocycles. The van der Waals surface area contributed by atoms with Crippen LogP contribution in [0.25, 0.3) is 0 Å². The summed E-state index contributed by atoms with van der Waals surface area (Å²) in [4.78, 5) is 40.5. The van der Waals surface area contributed by atoms with E-state index in [1.807, 2.05) is 6.92 Å². The zero-order valence-electron chi connectivity index (χ0n) is 42.1. The molecule has 0 saturated heterocycles. The maximum atomic E-state index is 13.1. The molecule has 368 valence electrons. The highest BCUT2D eigenvalue weighted by atomic mass is 16.5. The number of carbonyl (C=O) groups excluding carboxylic acids is 3. The van der Waals surface area contributed by atoms with Crippen LogP contribution < -0.4 is 0 Å². The van der Waals surface area contributed by atoms with Gasteiger partial charge >= 0.3 is 17.9 Å². The molecule has 0 N–H and O–H groups in total. The molecule has 0 aromatic heterocycles. The van der Waals surface area contributed by atoms with Crippen LogP contribution in [-0.4, -0.2) is 76.0 Å². The lowest BCUT2D eigenvalue weighted by molar-refractivity contribution is -0.149. The average molecular weight is 880 g/mol. The Morgan fingerprint density at radius 1 is 0.387 bits per heavy atom. The van der Waals surface area contributed by atoms with Crippen LogP contribution in [0.1, 0.15) is 265 Å². The van der Waals surface area contributed by atoms with Crippen molar-refractivity contribution in [3.63, 3.8) is 0 Å². The Morgan fingerprint density at radius 3 is 1.26 bits per heavy atom. The Hall–Kier alpha value is -1.67. The van der Waals surface area contributed by atoms with Crippen LogP contribution in [0.15, 0.2) is 0 Å². The minimum absolute atomic E-state index is 0.0322. The molecular formula is C54H105NO7. The molecule has 1 unspecified atom stereocenters. The lowest BCUT2D eigenvalue weighted by Crippen LogP contribution is -2.30. The van der Waals surface area contributed by atoms with Gasteiger partial charge in [-0.25, -0.2) is 0 Å². The number of unbranched alkanes of at least 4 members (excludes halogenated alkanes) is 27. The monoisotopic (exact) mass is 880 g/mol. The Labute approximate surface area is 385 Å². The molecule has 0 rings (SSSR count). The zero-order chi connectivity index (χ0) is 45.4. The number of rotatable bonds is 50. The zero-order valence-corrected chi connectivity index (χ0v) is 42.1. The molecule has 0 aliphatic rings. The van der Waals surface area contributed by atoms with Crippen LogP contribution in [0, 0.1) is 11.8 Å². The van der Waals surface area contributed by atoms with Crippen molar-refractivity contribution < 1.29 is 33.3 Å². The van der Waals surface area contributed by atoms with Gasteiger partial charge in [-0.3, -0.25) is 19.3 Å². The van der Waals surface area contributed by atoms with E-state index in [0.29, 0.717) is 26.2 Å². The Morgan fingerprint density at radius 2 is 0.774 bits per heavy atom. The quantitative estimate of drug-likeness (QED) is 0.0339. The highest BCUT2D eigenvalue weighted by molar-refractivity contribution is 5.72. The minimum Gasteiger partial charge on any atom is -0.465 e. The van der Waals surface area contributed by atoms with E-state index < -0.39 is 0 Å². The van der Waals surface area contributed by atoms with E-state index in [-0.39, 0.29) is 29.7 Å². The molecule has 0 bridgehead atoms. The molecule has 0 amide bonds. The van der Waals surface area contributed by atoms with Crippen molar-refractivity contribution in [2.24, 2.45) is 11.8 Å². The molecule has 0 aromatic carbocycles. The molecule has 0 fully saturated rings. The fourth-order valence-electron chi connectivity index (χ4n) is 8.35. The molecule has 0 radical (unpaired) electrons. The first-order valence-electron chi connectivity index (χ1n) is 27.1. The second kappa shape index (κ2) is 48.8. The van der Waals surface area contributed by atoms with E-state index in [9.17, 15) is 14.4 Å². The average Bonchev–Trinajstić information content (AvgIpc) is 3.27. The molecular weight excluding hydrogens is 775 g/mol. The van der Waals surface area contributed by atoms with Gasteiger partial charge < -0.3 is 18.9 Å². The summed E-state index contributed by atoms with van der Waals surface area (Å²) in [5.41, 5.74) is 0. The first kappa shape index (κ1) is 60.3. The first-order chi connectivity index (χ1) is 30.4. The second-order valence-corrected chi connectivity index (χ2v) is 18.7. The van der Waals surface area contributed by atoms with Crippen LogP contribution in [0.5, 0.6) is 0 Å². The largest absolute Gasteiger partial charge is 0.465 e. The molecule has 8 heteroatoms. The van der Waals surface area contributed by atoms with Gasteiger partial charge in [0.2, 0.25) is 0 Å². The standard InChI is InChI=1S/C54H105NO7/c1-6-9-12-15-18-28-37-47-61-53(57)50(4)39-30-24-26-35-44-55(45-49-60-52(56)42-33-23-19-27-36-46-59-5)43-34-25-20-29-38-48-62-54(58)51(40-31-21-16-13-10-7-2)41-32-22-17-14-11-8-3/h50-51H,6-49H2,1-5H3. The Balaban J connectivity index is 4.58. The fourth-order valence-corrected chi connectivity index (χ4v) is 8.35.